The number of carbonyl (C=O) groups excluding carboxylic acids is 2. The van der Waals surface area contributed by atoms with E-state index in [0.717, 1.165) is 29.8 Å². The molecule has 35 heavy (non-hydrogen) atoms. The zero-order valence-corrected chi connectivity index (χ0v) is 21.3. The third kappa shape index (κ3) is 9.33. The number of aryl methyl sites for hydroxylation is 1. The quantitative estimate of drug-likeness (QED) is 0.197. The number of hydrogen-bond acceptors (Lipinski definition) is 6. The maximum atomic E-state index is 12.2. The topological polar surface area (TPSA) is 104 Å². The average molecular weight is 481 g/mol. The highest BCUT2D eigenvalue weighted by Gasteiger charge is 2.23. The fraction of sp³-hybridized carbons (Fsp3) is 0.407. The molecule has 0 radical (unpaired) electrons. The van der Waals surface area contributed by atoms with Gasteiger partial charge in [-0.3, -0.25) is 14.5 Å². The Balaban J connectivity index is 2.07. The van der Waals surface area contributed by atoms with Gasteiger partial charge in [-0.05, 0) is 69.4 Å². The van der Waals surface area contributed by atoms with Gasteiger partial charge in [0.25, 0.3) is 5.91 Å². The van der Waals surface area contributed by atoms with E-state index < -0.39 is 11.3 Å². The first-order valence-electron chi connectivity index (χ1n) is 11.7. The van der Waals surface area contributed by atoms with Crippen LogP contribution in [0, 0.1) is 17.2 Å². The number of aromatic nitrogens is 1. The molecule has 1 aromatic carbocycles. The predicted molar refractivity (Wildman–Crippen MR) is 139 cm³/mol. The Labute approximate surface area is 207 Å². The van der Waals surface area contributed by atoms with Gasteiger partial charge in [-0.1, -0.05) is 36.4 Å². The summed E-state index contributed by atoms with van der Waals surface area (Å²) in [7, 11) is 0. The second-order valence-electron chi connectivity index (χ2n) is 9.41. The molecule has 2 aromatic rings. The Hall–Kier alpha value is -3.52. The van der Waals surface area contributed by atoms with Crippen LogP contribution in [-0.4, -0.2) is 41.5 Å². The lowest BCUT2D eigenvalue weighted by molar-refractivity contribution is -0.153. The van der Waals surface area contributed by atoms with Crippen LogP contribution in [0.15, 0.2) is 47.9 Å². The monoisotopic (exact) mass is 480 g/mol. The molecule has 2 rings (SSSR count). The lowest BCUT2D eigenvalue weighted by Gasteiger charge is -2.24. The number of carbonyl (C=O) groups is 2. The molecule has 0 aliphatic heterocycles. The molecule has 1 amide bonds. The van der Waals surface area contributed by atoms with Gasteiger partial charge in [0.2, 0.25) is 0 Å². The van der Waals surface area contributed by atoms with Crippen LogP contribution in [0.5, 0.6) is 0 Å². The third-order valence-electron chi connectivity index (χ3n) is 5.47. The number of rotatable bonds is 12. The lowest BCUT2D eigenvalue weighted by Crippen LogP contribution is -2.32. The first-order valence-corrected chi connectivity index (χ1v) is 11.7. The van der Waals surface area contributed by atoms with Crippen LogP contribution < -0.4 is 5.43 Å². The molecule has 188 valence electrons. The SMILES string of the molecule is CC=Cc1c(CCN(CCOC(=O)C(C)(C)C)Cc2ccc(C=CC(=O)NN=O)cc2)c[nH]c1C. The first-order chi connectivity index (χ1) is 16.6. The van der Waals surface area contributed by atoms with E-state index in [9.17, 15) is 14.5 Å². The third-order valence-corrected chi connectivity index (χ3v) is 5.47. The minimum atomic E-state index is -0.572. The van der Waals surface area contributed by atoms with Crippen LogP contribution >= 0.6 is 0 Å². The van der Waals surface area contributed by atoms with Crippen molar-refractivity contribution in [2.45, 2.75) is 47.6 Å². The second-order valence-corrected chi connectivity index (χ2v) is 9.41. The van der Waals surface area contributed by atoms with E-state index in [-0.39, 0.29) is 5.97 Å². The summed E-state index contributed by atoms with van der Waals surface area (Å²) in [4.78, 5) is 39.2. The van der Waals surface area contributed by atoms with Crippen LogP contribution in [0.2, 0.25) is 0 Å². The summed E-state index contributed by atoms with van der Waals surface area (Å²) in [5, 5.41) is 2.36. The van der Waals surface area contributed by atoms with E-state index in [1.54, 1.807) is 6.08 Å². The Morgan fingerprint density at radius 2 is 1.86 bits per heavy atom. The maximum Gasteiger partial charge on any atom is 0.311 e. The van der Waals surface area contributed by atoms with Crippen molar-refractivity contribution in [3.05, 3.63) is 75.5 Å². The number of esters is 1. The zero-order valence-electron chi connectivity index (χ0n) is 21.3. The fourth-order valence-electron chi connectivity index (χ4n) is 3.48. The van der Waals surface area contributed by atoms with Gasteiger partial charge in [-0.25, -0.2) is 5.43 Å². The van der Waals surface area contributed by atoms with Crippen molar-refractivity contribution >= 4 is 24.0 Å². The Kier molecular flexibility index (Phi) is 10.6. The van der Waals surface area contributed by atoms with Gasteiger partial charge in [0.15, 0.2) is 0 Å². The molecule has 8 nitrogen and oxygen atoms in total. The number of nitrogens with zero attached hydrogens (tertiary/aromatic N) is 2. The molecule has 0 spiro atoms. The highest BCUT2D eigenvalue weighted by molar-refractivity contribution is 5.91. The second kappa shape index (κ2) is 13.4. The number of amides is 1. The number of nitroso groups, excluding NO2 is 1. The molecule has 0 bridgehead atoms. The predicted octanol–water partition coefficient (Wildman–Crippen LogP) is 4.80. The van der Waals surface area contributed by atoms with E-state index in [4.69, 9.17) is 4.74 Å². The van der Waals surface area contributed by atoms with Crippen LogP contribution in [0.25, 0.3) is 12.2 Å². The van der Waals surface area contributed by atoms with E-state index >= 15 is 0 Å². The molecular formula is C27H36N4O4. The Bertz CT molecular complexity index is 1050. The van der Waals surface area contributed by atoms with E-state index in [1.165, 1.54) is 17.2 Å². The first kappa shape index (κ1) is 27.7. The Morgan fingerprint density at radius 3 is 2.49 bits per heavy atom. The highest BCUT2D eigenvalue weighted by atomic mass is 16.5. The molecule has 0 saturated carbocycles. The smallest absolute Gasteiger partial charge is 0.311 e. The minimum absolute atomic E-state index is 0.209. The van der Waals surface area contributed by atoms with Crippen molar-refractivity contribution in [3.8, 4) is 0 Å². The van der Waals surface area contributed by atoms with Gasteiger partial charge in [-0.15, -0.1) is 4.91 Å². The molecule has 0 aliphatic rings. The number of nitrogens with one attached hydrogen (secondary N) is 2. The van der Waals surface area contributed by atoms with Crippen LogP contribution in [0.4, 0.5) is 0 Å². The van der Waals surface area contributed by atoms with Gasteiger partial charge in [0.1, 0.15) is 6.61 Å². The fourth-order valence-corrected chi connectivity index (χ4v) is 3.48. The molecular weight excluding hydrogens is 444 g/mol. The van der Waals surface area contributed by atoms with Gasteiger partial charge in [0, 0.05) is 37.6 Å². The number of benzene rings is 1. The van der Waals surface area contributed by atoms with Crippen molar-refractivity contribution in [2.24, 2.45) is 10.7 Å². The molecule has 0 fully saturated rings. The van der Waals surface area contributed by atoms with E-state index in [2.05, 4.69) is 34.4 Å². The molecule has 0 aliphatic carbocycles. The normalized spacial score (nSPS) is 11.9. The Morgan fingerprint density at radius 1 is 1.14 bits per heavy atom. The average Bonchev–Trinajstić information content (AvgIpc) is 3.16. The maximum absolute atomic E-state index is 12.2. The molecule has 8 heteroatoms. The molecule has 0 saturated heterocycles. The number of aromatic amines is 1. The van der Waals surface area contributed by atoms with Crippen molar-refractivity contribution in [1.29, 1.82) is 0 Å². The van der Waals surface area contributed by atoms with Crippen molar-refractivity contribution in [3.63, 3.8) is 0 Å². The van der Waals surface area contributed by atoms with Crippen molar-refractivity contribution in [2.75, 3.05) is 19.7 Å². The van der Waals surface area contributed by atoms with Gasteiger partial charge >= 0.3 is 5.97 Å². The molecule has 0 atom stereocenters. The van der Waals surface area contributed by atoms with Crippen LogP contribution in [0.1, 0.15) is 55.6 Å². The van der Waals surface area contributed by atoms with Crippen molar-refractivity contribution < 1.29 is 14.3 Å². The van der Waals surface area contributed by atoms with Crippen LogP contribution in [0.3, 0.4) is 0 Å². The number of allylic oxidation sites excluding steroid dienone is 1. The summed E-state index contributed by atoms with van der Waals surface area (Å²) in [5.74, 6) is -0.781. The zero-order chi connectivity index (χ0) is 25.8. The highest BCUT2D eigenvalue weighted by Crippen LogP contribution is 2.18. The molecule has 0 unspecified atom stereocenters. The van der Waals surface area contributed by atoms with Crippen LogP contribution in [-0.2, 0) is 27.3 Å². The molecule has 1 heterocycles. The summed E-state index contributed by atoms with van der Waals surface area (Å²) in [5.41, 5.74) is 6.84. The summed E-state index contributed by atoms with van der Waals surface area (Å²) in [6.45, 7) is 12.0. The summed E-state index contributed by atoms with van der Waals surface area (Å²) < 4.78 is 5.51. The van der Waals surface area contributed by atoms with Gasteiger partial charge in [-0.2, -0.15) is 0 Å². The number of H-pyrrole nitrogens is 1. The van der Waals surface area contributed by atoms with Crippen molar-refractivity contribution in [1.82, 2.24) is 15.3 Å². The largest absolute Gasteiger partial charge is 0.464 e. The standard InChI is InChI=1S/C27H36N4O4/c1-6-7-24-20(2)28-18-23(24)14-15-31(16-17-35-26(33)27(3,4)5)19-22-10-8-21(9-11-22)12-13-25(32)29-30-34/h6-13,18,28H,14-17,19H2,1-5H3,(H,29,32,34). The summed E-state index contributed by atoms with van der Waals surface area (Å²) in [6, 6.07) is 7.81. The van der Waals surface area contributed by atoms with E-state index in [1.807, 2.05) is 63.5 Å². The minimum Gasteiger partial charge on any atom is -0.464 e. The molecule has 1 aromatic heterocycles. The molecule has 2 N–H and O–H groups in total. The summed E-state index contributed by atoms with van der Waals surface area (Å²) in [6.07, 6.45) is 9.95. The summed E-state index contributed by atoms with van der Waals surface area (Å²) >= 11 is 0. The van der Waals surface area contributed by atoms with Gasteiger partial charge in [0.05, 0.1) is 10.7 Å². The van der Waals surface area contributed by atoms with E-state index in [0.29, 0.717) is 19.7 Å². The lowest BCUT2D eigenvalue weighted by atomic mass is 9.97. The van der Waals surface area contributed by atoms with Gasteiger partial charge < -0.3 is 9.72 Å². The number of hydrogen-bond donors (Lipinski definition) is 2. The number of ether oxygens (including phenoxy) is 1.